The lowest BCUT2D eigenvalue weighted by atomic mass is 10.0. The summed E-state index contributed by atoms with van der Waals surface area (Å²) in [6.45, 7) is 5.05. The molecule has 2 aromatic carbocycles. The van der Waals surface area contributed by atoms with E-state index in [0.29, 0.717) is 6.04 Å². The quantitative estimate of drug-likeness (QED) is 0.701. The van der Waals surface area contributed by atoms with Crippen LogP contribution >= 0.6 is 0 Å². The third-order valence-electron chi connectivity index (χ3n) is 5.32. The van der Waals surface area contributed by atoms with Crippen LogP contribution in [0.25, 0.3) is 16.9 Å². The Bertz CT molecular complexity index is 928. The van der Waals surface area contributed by atoms with Crippen molar-refractivity contribution < 1.29 is 4.79 Å². The highest BCUT2D eigenvalue weighted by Gasteiger charge is 2.24. The first-order valence-electron chi connectivity index (χ1n) is 9.52. The maximum atomic E-state index is 12.8. The van der Waals surface area contributed by atoms with Gasteiger partial charge in [0, 0.05) is 23.7 Å². The molecule has 2 heterocycles. The van der Waals surface area contributed by atoms with Gasteiger partial charge in [0.2, 0.25) is 0 Å². The monoisotopic (exact) mass is 360 g/mol. The van der Waals surface area contributed by atoms with Crippen molar-refractivity contribution in [3.05, 3.63) is 65.9 Å². The van der Waals surface area contributed by atoms with Gasteiger partial charge in [-0.25, -0.2) is 4.68 Å². The lowest BCUT2D eigenvalue weighted by Crippen LogP contribution is -2.42. The first-order chi connectivity index (χ1) is 13.1. The highest BCUT2D eigenvalue weighted by Crippen LogP contribution is 2.23. The van der Waals surface area contributed by atoms with Gasteiger partial charge in [0.25, 0.3) is 5.91 Å². The molecule has 1 atom stereocenters. The van der Waals surface area contributed by atoms with Crippen molar-refractivity contribution >= 4 is 5.91 Å². The van der Waals surface area contributed by atoms with Gasteiger partial charge >= 0.3 is 0 Å². The minimum Gasteiger partial charge on any atom is -0.336 e. The molecular weight excluding hydrogens is 336 g/mol. The average molecular weight is 360 g/mol. The molecule has 138 valence electrons. The molecule has 5 heteroatoms. The first-order valence-corrected chi connectivity index (χ1v) is 9.52. The molecule has 1 aliphatic heterocycles. The number of piperidine rings is 1. The van der Waals surface area contributed by atoms with Gasteiger partial charge in [0.15, 0.2) is 0 Å². The summed E-state index contributed by atoms with van der Waals surface area (Å²) in [7, 11) is 0. The maximum Gasteiger partial charge on any atom is 0.254 e. The summed E-state index contributed by atoms with van der Waals surface area (Å²) < 4.78 is 1.81. The third kappa shape index (κ3) is 3.50. The van der Waals surface area contributed by atoms with E-state index in [4.69, 9.17) is 0 Å². The average Bonchev–Trinajstić information content (AvgIpc) is 3.18. The topological polar surface area (TPSA) is 51.0 Å². The van der Waals surface area contributed by atoms with Crippen LogP contribution in [0.3, 0.4) is 0 Å². The van der Waals surface area contributed by atoms with Crippen LogP contribution in [0.15, 0.2) is 54.7 Å². The van der Waals surface area contributed by atoms with E-state index in [-0.39, 0.29) is 5.91 Å². The van der Waals surface area contributed by atoms with Gasteiger partial charge < -0.3 is 4.90 Å². The second-order valence-electron chi connectivity index (χ2n) is 7.29. The largest absolute Gasteiger partial charge is 0.336 e. The van der Waals surface area contributed by atoms with Crippen molar-refractivity contribution in [1.82, 2.24) is 19.9 Å². The van der Waals surface area contributed by atoms with Crippen LogP contribution in [0.4, 0.5) is 0 Å². The number of hydrogen-bond acceptors (Lipinski definition) is 3. The molecule has 0 aliphatic carbocycles. The van der Waals surface area contributed by atoms with Crippen LogP contribution in [0, 0.1) is 6.92 Å². The zero-order valence-electron chi connectivity index (χ0n) is 15.8. The van der Waals surface area contributed by atoms with E-state index in [9.17, 15) is 4.79 Å². The van der Waals surface area contributed by atoms with E-state index in [1.807, 2.05) is 33.8 Å². The van der Waals surface area contributed by atoms with Crippen molar-refractivity contribution in [3.8, 4) is 16.9 Å². The lowest BCUT2D eigenvalue weighted by molar-refractivity contribution is 0.0635. The van der Waals surface area contributed by atoms with Crippen LogP contribution in [0.2, 0.25) is 0 Å². The first kappa shape index (κ1) is 17.5. The van der Waals surface area contributed by atoms with Gasteiger partial charge in [-0.2, -0.15) is 0 Å². The molecule has 3 aromatic rings. The summed E-state index contributed by atoms with van der Waals surface area (Å²) in [6.07, 6.45) is 5.15. The summed E-state index contributed by atoms with van der Waals surface area (Å²) in [6, 6.07) is 16.3. The Hall–Kier alpha value is -2.95. The van der Waals surface area contributed by atoms with E-state index in [1.165, 1.54) is 12.0 Å². The van der Waals surface area contributed by atoms with Gasteiger partial charge in [-0.05, 0) is 57.4 Å². The maximum absolute atomic E-state index is 12.8. The SMILES string of the molecule is Cc1ccc(-c2cnnn2-c2ccc(C(=O)N3CCCCC3C)cc2)cc1. The van der Waals surface area contributed by atoms with E-state index in [0.717, 1.165) is 41.9 Å². The van der Waals surface area contributed by atoms with Crippen LogP contribution in [0.1, 0.15) is 42.1 Å². The minimum atomic E-state index is 0.117. The van der Waals surface area contributed by atoms with Gasteiger partial charge in [0.1, 0.15) is 0 Å². The van der Waals surface area contributed by atoms with Gasteiger partial charge in [-0.3, -0.25) is 4.79 Å². The van der Waals surface area contributed by atoms with E-state index < -0.39 is 0 Å². The number of carbonyl (C=O) groups excluding carboxylic acids is 1. The fourth-order valence-corrected chi connectivity index (χ4v) is 3.66. The molecule has 1 saturated heterocycles. The summed E-state index contributed by atoms with van der Waals surface area (Å²) in [4.78, 5) is 14.8. The van der Waals surface area contributed by atoms with Crippen LogP contribution in [-0.2, 0) is 0 Å². The third-order valence-corrected chi connectivity index (χ3v) is 5.32. The summed E-state index contributed by atoms with van der Waals surface area (Å²) in [5, 5.41) is 8.31. The predicted molar refractivity (Wildman–Crippen MR) is 106 cm³/mol. The Morgan fingerprint density at radius 3 is 2.48 bits per heavy atom. The molecule has 0 bridgehead atoms. The Morgan fingerprint density at radius 1 is 1.04 bits per heavy atom. The van der Waals surface area contributed by atoms with Crippen molar-refractivity contribution in [3.63, 3.8) is 0 Å². The molecular formula is C22H24N4O. The number of benzene rings is 2. The van der Waals surface area contributed by atoms with E-state index in [1.54, 1.807) is 6.20 Å². The molecule has 27 heavy (non-hydrogen) atoms. The summed E-state index contributed by atoms with van der Waals surface area (Å²) in [5.41, 5.74) is 4.83. The fraction of sp³-hybridized carbons (Fsp3) is 0.318. The zero-order chi connectivity index (χ0) is 18.8. The van der Waals surface area contributed by atoms with Crippen LogP contribution in [-0.4, -0.2) is 38.4 Å². The van der Waals surface area contributed by atoms with Crippen molar-refractivity contribution in [2.45, 2.75) is 39.2 Å². The summed E-state index contributed by atoms with van der Waals surface area (Å²) in [5.74, 6) is 0.117. The van der Waals surface area contributed by atoms with Crippen LogP contribution < -0.4 is 0 Å². The molecule has 4 rings (SSSR count). The smallest absolute Gasteiger partial charge is 0.254 e. The molecule has 0 saturated carbocycles. The molecule has 0 N–H and O–H groups in total. The molecule has 1 amide bonds. The number of hydrogen-bond donors (Lipinski definition) is 0. The number of rotatable bonds is 3. The number of nitrogens with zero attached hydrogens (tertiary/aromatic N) is 4. The number of likely N-dealkylation sites (tertiary alicyclic amines) is 1. The number of aromatic nitrogens is 3. The Labute approximate surface area is 159 Å². The van der Waals surface area contributed by atoms with Gasteiger partial charge in [-0.1, -0.05) is 35.0 Å². The molecule has 0 spiro atoms. The number of amides is 1. The van der Waals surface area contributed by atoms with E-state index in [2.05, 4.69) is 48.4 Å². The summed E-state index contributed by atoms with van der Waals surface area (Å²) >= 11 is 0. The van der Waals surface area contributed by atoms with Crippen molar-refractivity contribution in [2.24, 2.45) is 0 Å². The highest BCUT2D eigenvalue weighted by atomic mass is 16.2. The van der Waals surface area contributed by atoms with Crippen molar-refractivity contribution in [1.29, 1.82) is 0 Å². The Balaban J connectivity index is 1.59. The van der Waals surface area contributed by atoms with Crippen LogP contribution in [0.5, 0.6) is 0 Å². The van der Waals surface area contributed by atoms with Crippen molar-refractivity contribution in [2.75, 3.05) is 6.54 Å². The standard InChI is InChI=1S/C22H24N4O/c1-16-6-8-18(9-7-16)21-15-23-24-26(21)20-12-10-19(11-13-20)22(27)25-14-4-3-5-17(25)2/h6-13,15,17H,3-5,14H2,1-2H3. The molecule has 1 aliphatic rings. The highest BCUT2D eigenvalue weighted by molar-refractivity contribution is 5.94. The zero-order valence-corrected chi connectivity index (χ0v) is 15.8. The number of aryl methyl sites for hydroxylation is 1. The molecule has 5 nitrogen and oxygen atoms in total. The second kappa shape index (κ2) is 7.35. The second-order valence-corrected chi connectivity index (χ2v) is 7.29. The normalized spacial score (nSPS) is 17.1. The molecule has 1 unspecified atom stereocenters. The molecule has 1 aromatic heterocycles. The predicted octanol–water partition coefficient (Wildman–Crippen LogP) is 4.26. The minimum absolute atomic E-state index is 0.117. The van der Waals surface area contributed by atoms with Gasteiger partial charge in [-0.15, -0.1) is 5.10 Å². The fourth-order valence-electron chi connectivity index (χ4n) is 3.66. The van der Waals surface area contributed by atoms with E-state index >= 15 is 0 Å². The van der Waals surface area contributed by atoms with Gasteiger partial charge in [0.05, 0.1) is 17.6 Å². The molecule has 1 fully saturated rings. The number of carbonyl (C=O) groups is 1. The Morgan fingerprint density at radius 2 is 1.78 bits per heavy atom. The Kier molecular flexibility index (Phi) is 4.75. The lowest BCUT2D eigenvalue weighted by Gasteiger charge is -2.33. The molecule has 0 radical (unpaired) electrons.